The van der Waals surface area contributed by atoms with Gasteiger partial charge in [0.25, 0.3) is 5.56 Å². The van der Waals surface area contributed by atoms with Crippen LogP contribution in [0.5, 0.6) is 0 Å². The zero-order valence-electron chi connectivity index (χ0n) is 14.0. The molecule has 132 valence electrons. The van der Waals surface area contributed by atoms with Crippen molar-refractivity contribution in [3.63, 3.8) is 0 Å². The van der Waals surface area contributed by atoms with E-state index in [4.69, 9.17) is 0 Å². The summed E-state index contributed by atoms with van der Waals surface area (Å²) in [6.45, 7) is 1.56. The molecule has 1 unspecified atom stereocenters. The Balaban J connectivity index is 1.70. The fraction of sp³-hybridized carbons (Fsp3) is 0.389. The molecular formula is C18H22N4O3. The van der Waals surface area contributed by atoms with Crippen LogP contribution in [0.4, 0.5) is 0 Å². The molecule has 0 aliphatic carbocycles. The lowest BCUT2D eigenvalue weighted by Crippen LogP contribution is -2.45. The van der Waals surface area contributed by atoms with Gasteiger partial charge in [0.05, 0.1) is 6.54 Å². The second kappa shape index (κ2) is 7.94. The highest BCUT2D eigenvalue weighted by atomic mass is 16.2. The topological polar surface area (TPSA) is 85.1 Å². The molecule has 1 atom stereocenters. The molecule has 1 saturated heterocycles. The van der Waals surface area contributed by atoms with Crippen LogP contribution in [0.2, 0.25) is 0 Å². The monoisotopic (exact) mass is 342 g/mol. The van der Waals surface area contributed by atoms with Crippen molar-refractivity contribution in [1.29, 1.82) is 0 Å². The van der Waals surface area contributed by atoms with Crippen LogP contribution < -0.4 is 21.9 Å². The molecule has 2 aromatic rings. The highest BCUT2D eigenvalue weighted by Crippen LogP contribution is 2.03. The smallest absolute Gasteiger partial charge is 0.331 e. The Morgan fingerprint density at radius 2 is 2.00 bits per heavy atom. The van der Waals surface area contributed by atoms with Crippen LogP contribution in [0, 0.1) is 0 Å². The van der Waals surface area contributed by atoms with Crippen molar-refractivity contribution in [3.8, 4) is 0 Å². The van der Waals surface area contributed by atoms with Gasteiger partial charge in [-0.2, -0.15) is 0 Å². The molecule has 2 N–H and O–H groups in total. The Bertz CT molecular complexity index is 835. The fourth-order valence-corrected chi connectivity index (χ4v) is 2.97. The summed E-state index contributed by atoms with van der Waals surface area (Å²) in [7, 11) is 0. The third-order valence-electron chi connectivity index (χ3n) is 4.35. The predicted octanol–water partition coefficient (Wildman–Crippen LogP) is -0.0735. The lowest BCUT2D eigenvalue weighted by atomic mass is 10.2. The molecule has 1 amide bonds. The molecule has 1 aromatic carbocycles. The molecule has 1 aliphatic heterocycles. The van der Waals surface area contributed by atoms with Crippen LogP contribution in [0.15, 0.2) is 52.2 Å². The molecule has 7 nitrogen and oxygen atoms in total. The van der Waals surface area contributed by atoms with Gasteiger partial charge < -0.3 is 10.6 Å². The van der Waals surface area contributed by atoms with Gasteiger partial charge in [0.2, 0.25) is 5.91 Å². The van der Waals surface area contributed by atoms with E-state index in [1.165, 1.54) is 16.8 Å². The first kappa shape index (κ1) is 17.2. The van der Waals surface area contributed by atoms with E-state index in [-0.39, 0.29) is 18.5 Å². The molecule has 0 saturated carbocycles. The number of amides is 1. The summed E-state index contributed by atoms with van der Waals surface area (Å²) in [4.78, 5) is 36.6. The minimum absolute atomic E-state index is 0.264. The molecule has 0 radical (unpaired) electrons. The Morgan fingerprint density at radius 3 is 2.72 bits per heavy atom. The van der Waals surface area contributed by atoms with Crippen molar-refractivity contribution >= 4 is 5.91 Å². The van der Waals surface area contributed by atoms with Crippen LogP contribution in [0.1, 0.15) is 18.4 Å². The second-order valence-electron chi connectivity index (χ2n) is 6.23. The van der Waals surface area contributed by atoms with E-state index in [0.717, 1.165) is 29.5 Å². The van der Waals surface area contributed by atoms with E-state index < -0.39 is 11.2 Å². The molecule has 3 rings (SSSR count). The van der Waals surface area contributed by atoms with Crippen molar-refractivity contribution in [1.82, 2.24) is 19.8 Å². The Morgan fingerprint density at radius 1 is 1.20 bits per heavy atom. The summed E-state index contributed by atoms with van der Waals surface area (Å²) in [5.74, 6) is -0.328. The van der Waals surface area contributed by atoms with Gasteiger partial charge >= 0.3 is 5.69 Å². The van der Waals surface area contributed by atoms with Crippen molar-refractivity contribution in [2.75, 3.05) is 13.1 Å². The van der Waals surface area contributed by atoms with E-state index >= 15 is 0 Å². The van der Waals surface area contributed by atoms with Gasteiger partial charge in [-0.15, -0.1) is 0 Å². The standard InChI is InChI=1S/C18H22N4O3/c23-16(20-11-15-7-4-9-19-15)13-22-17(24)8-10-21(18(22)25)12-14-5-2-1-3-6-14/h1-3,5-6,8,10,15,19H,4,7,9,11-13H2,(H,20,23). The Kier molecular flexibility index (Phi) is 5.45. The normalized spacial score (nSPS) is 16.7. The summed E-state index contributed by atoms with van der Waals surface area (Å²) in [6, 6.07) is 11.1. The maximum atomic E-state index is 12.5. The first-order valence-corrected chi connectivity index (χ1v) is 8.48. The average molecular weight is 342 g/mol. The number of hydrogen-bond donors (Lipinski definition) is 2. The number of carbonyl (C=O) groups excluding carboxylic acids is 1. The molecule has 1 fully saturated rings. The van der Waals surface area contributed by atoms with Crippen molar-refractivity contribution in [2.24, 2.45) is 0 Å². The summed E-state index contributed by atoms with van der Waals surface area (Å²) >= 11 is 0. The van der Waals surface area contributed by atoms with E-state index in [0.29, 0.717) is 13.1 Å². The quantitative estimate of drug-likeness (QED) is 0.769. The highest BCUT2D eigenvalue weighted by Gasteiger charge is 2.16. The van der Waals surface area contributed by atoms with Gasteiger partial charge in [-0.1, -0.05) is 30.3 Å². The van der Waals surface area contributed by atoms with E-state index in [1.807, 2.05) is 30.3 Å². The summed E-state index contributed by atoms with van der Waals surface area (Å²) < 4.78 is 2.41. The van der Waals surface area contributed by atoms with E-state index in [2.05, 4.69) is 10.6 Å². The fourth-order valence-electron chi connectivity index (χ4n) is 2.97. The first-order valence-electron chi connectivity index (χ1n) is 8.48. The molecule has 1 aliphatic rings. The maximum Gasteiger partial charge on any atom is 0.331 e. The van der Waals surface area contributed by atoms with Crippen LogP contribution in [0.25, 0.3) is 0 Å². The third-order valence-corrected chi connectivity index (χ3v) is 4.35. The molecule has 0 spiro atoms. The molecule has 7 heteroatoms. The van der Waals surface area contributed by atoms with Gasteiger partial charge in [0.15, 0.2) is 0 Å². The highest BCUT2D eigenvalue weighted by molar-refractivity contribution is 5.75. The number of nitrogens with one attached hydrogen (secondary N) is 2. The van der Waals surface area contributed by atoms with E-state index in [9.17, 15) is 14.4 Å². The van der Waals surface area contributed by atoms with Gasteiger partial charge in [-0.05, 0) is 24.9 Å². The lowest BCUT2D eigenvalue weighted by Gasteiger charge is -2.13. The molecule has 25 heavy (non-hydrogen) atoms. The van der Waals surface area contributed by atoms with Gasteiger partial charge in [-0.25, -0.2) is 4.79 Å². The lowest BCUT2D eigenvalue weighted by molar-refractivity contribution is -0.121. The van der Waals surface area contributed by atoms with Gasteiger partial charge in [0, 0.05) is 24.8 Å². The average Bonchev–Trinajstić information content (AvgIpc) is 3.14. The summed E-state index contributed by atoms with van der Waals surface area (Å²) in [6.07, 6.45) is 3.59. The minimum Gasteiger partial charge on any atom is -0.353 e. The van der Waals surface area contributed by atoms with Crippen LogP contribution in [0.3, 0.4) is 0 Å². The third kappa shape index (κ3) is 4.45. The van der Waals surface area contributed by atoms with Crippen molar-refractivity contribution < 1.29 is 4.79 Å². The number of hydrogen-bond acceptors (Lipinski definition) is 4. The maximum absolute atomic E-state index is 12.5. The Hall–Kier alpha value is -2.67. The Labute approximate surface area is 145 Å². The zero-order valence-corrected chi connectivity index (χ0v) is 14.0. The van der Waals surface area contributed by atoms with E-state index in [1.54, 1.807) is 0 Å². The van der Waals surface area contributed by atoms with Gasteiger partial charge in [-0.3, -0.25) is 18.7 Å². The van der Waals surface area contributed by atoms with Crippen LogP contribution >= 0.6 is 0 Å². The summed E-state index contributed by atoms with van der Waals surface area (Å²) in [5.41, 5.74) is 0.000468. The number of aromatic nitrogens is 2. The molecule has 2 heterocycles. The molecule has 1 aromatic heterocycles. The van der Waals surface area contributed by atoms with Gasteiger partial charge in [0.1, 0.15) is 6.54 Å². The van der Waals surface area contributed by atoms with Crippen LogP contribution in [-0.4, -0.2) is 34.2 Å². The number of rotatable bonds is 6. The second-order valence-corrected chi connectivity index (χ2v) is 6.23. The molecular weight excluding hydrogens is 320 g/mol. The zero-order chi connectivity index (χ0) is 17.6. The predicted molar refractivity (Wildman–Crippen MR) is 94.5 cm³/mol. The van der Waals surface area contributed by atoms with Crippen LogP contribution in [-0.2, 0) is 17.9 Å². The number of carbonyl (C=O) groups is 1. The number of benzene rings is 1. The van der Waals surface area contributed by atoms with Crippen molar-refractivity contribution in [2.45, 2.75) is 32.0 Å². The van der Waals surface area contributed by atoms with Crippen molar-refractivity contribution in [3.05, 3.63) is 69.0 Å². The minimum atomic E-state index is -0.481. The summed E-state index contributed by atoms with van der Waals surface area (Å²) in [5, 5.41) is 6.07. The largest absolute Gasteiger partial charge is 0.353 e. The number of nitrogens with zero attached hydrogens (tertiary/aromatic N) is 2. The SMILES string of the molecule is O=C(Cn1c(=O)ccn(Cc2ccccc2)c1=O)NCC1CCCN1. The molecule has 0 bridgehead atoms. The first-order chi connectivity index (χ1) is 12.1.